The molecule has 5 heteroatoms. The maximum atomic E-state index is 4.57. The highest BCUT2D eigenvalue weighted by atomic mass is 15.2. The number of nitrogens with zero attached hydrogens (tertiary/aromatic N) is 4. The van der Waals surface area contributed by atoms with E-state index in [1.54, 1.807) is 0 Å². The molecule has 1 aliphatic rings. The van der Waals surface area contributed by atoms with E-state index < -0.39 is 0 Å². The van der Waals surface area contributed by atoms with Crippen molar-refractivity contribution in [1.82, 2.24) is 14.9 Å². The Morgan fingerprint density at radius 2 is 2.25 bits per heavy atom. The topological polar surface area (TPSA) is 44.3 Å². The number of anilines is 2. The molecule has 1 aromatic heterocycles. The first-order chi connectivity index (χ1) is 9.60. The number of hydrogen-bond donors (Lipinski definition) is 1. The maximum Gasteiger partial charge on any atom is 0.134 e. The van der Waals surface area contributed by atoms with E-state index in [-0.39, 0.29) is 0 Å². The molecule has 1 saturated heterocycles. The predicted molar refractivity (Wildman–Crippen MR) is 84.5 cm³/mol. The monoisotopic (exact) mass is 277 g/mol. The number of aromatic nitrogens is 2. The van der Waals surface area contributed by atoms with Crippen LogP contribution in [0.1, 0.15) is 32.0 Å². The third kappa shape index (κ3) is 3.82. The van der Waals surface area contributed by atoms with Gasteiger partial charge in [-0.2, -0.15) is 0 Å². The Balaban J connectivity index is 2.04. The molecule has 0 aliphatic carbocycles. The molecule has 1 aromatic rings. The molecule has 20 heavy (non-hydrogen) atoms. The molecular formula is C15H27N5. The third-order valence-corrected chi connectivity index (χ3v) is 3.93. The molecule has 0 bridgehead atoms. The first kappa shape index (κ1) is 15.0. The molecule has 0 spiro atoms. The summed E-state index contributed by atoms with van der Waals surface area (Å²) in [6.45, 7) is 7.30. The third-order valence-electron chi connectivity index (χ3n) is 3.93. The lowest BCUT2D eigenvalue weighted by Gasteiger charge is -2.27. The molecule has 0 saturated carbocycles. The molecule has 112 valence electrons. The van der Waals surface area contributed by atoms with Crippen molar-refractivity contribution in [3.63, 3.8) is 0 Å². The van der Waals surface area contributed by atoms with Gasteiger partial charge in [0.2, 0.25) is 0 Å². The van der Waals surface area contributed by atoms with Crippen molar-refractivity contribution in [3.8, 4) is 0 Å². The molecule has 0 aromatic carbocycles. The highest BCUT2D eigenvalue weighted by Crippen LogP contribution is 2.19. The van der Waals surface area contributed by atoms with Gasteiger partial charge in [0, 0.05) is 32.2 Å². The molecule has 1 atom stereocenters. The van der Waals surface area contributed by atoms with E-state index in [1.807, 2.05) is 6.92 Å². The van der Waals surface area contributed by atoms with Gasteiger partial charge in [-0.25, -0.2) is 9.97 Å². The summed E-state index contributed by atoms with van der Waals surface area (Å²) in [7, 11) is 4.34. The first-order valence-electron chi connectivity index (χ1n) is 7.61. The summed E-state index contributed by atoms with van der Waals surface area (Å²) in [4.78, 5) is 13.7. The van der Waals surface area contributed by atoms with E-state index in [2.05, 4.69) is 52.2 Å². The largest absolute Gasteiger partial charge is 0.370 e. The summed E-state index contributed by atoms with van der Waals surface area (Å²) in [5.74, 6) is 2.77. The van der Waals surface area contributed by atoms with Gasteiger partial charge >= 0.3 is 0 Å². The Morgan fingerprint density at radius 3 is 2.90 bits per heavy atom. The lowest BCUT2D eigenvalue weighted by atomic mass is 10.2. The van der Waals surface area contributed by atoms with Crippen molar-refractivity contribution in [2.75, 3.05) is 43.9 Å². The van der Waals surface area contributed by atoms with E-state index in [0.29, 0.717) is 6.04 Å². The molecule has 1 aliphatic heterocycles. The van der Waals surface area contributed by atoms with Gasteiger partial charge in [-0.05, 0) is 39.8 Å². The second-order valence-corrected chi connectivity index (χ2v) is 5.74. The maximum absolute atomic E-state index is 4.57. The normalized spacial score (nSPS) is 19.3. The lowest BCUT2D eigenvalue weighted by molar-refractivity contribution is 0.314. The fraction of sp³-hybridized carbons (Fsp3) is 0.733. The molecule has 2 rings (SSSR count). The van der Waals surface area contributed by atoms with Crippen LogP contribution in [-0.4, -0.2) is 54.6 Å². The van der Waals surface area contributed by atoms with Gasteiger partial charge in [0.1, 0.15) is 17.5 Å². The number of hydrogen-bond acceptors (Lipinski definition) is 5. The summed E-state index contributed by atoms with van der Waals surface area (Å²) in [5, 5.41) is 3.34. The van der Waals surface area contributed by atoms with Crippen LogP contribution >= 0.6 is 0 Å². The predicted octanol–water partition coefficient (Wildman–Crippen LogP) is 2.14. The second kappa shape index (κ2) is 6.88. The van der Waals surface area contributed by atoms with Crippen molar-refractivity contribution in [2.45, 2.75) is 39.2 Å². The van der Waals surface area contributed by atoms with Gasteiger partial charge in [0.05, 0.1) is 0 Å². The van der Waals surface area contributed by atoms with E-state index in [4.69, 9.17) is 0 Å². The number of nitrogens with one attached hydrogen (secondary N) is 1. The van der Waals surface area contributed by atoms with Crippen molar-refractivity contribution in [1.29, 1.82) is 0 Å². The van der Waals surface area contributed by atoms with Crippen LogP contribution in [-0.2, 0) is 0 Å². The number of rotatable bonds is 6. The smallest absolute Gasteiger partial charge is 0.134 e. The zero-order valence-corrected chi connectivity index (χ0v) is 13.2. The van der Waals surface area contributed by atoms with Crippen LogP contribution < -0.4 is 10.2 Å². The van der Waals surface area contributed by atoms with Gasteiger partial charge < -0.3 is 15.1 Å². The summed E-state index contributed by atoms with van der Waals surface area (Å²) in [6.07, 6.45) is 3.69. The average molecular weight is 277 g/mol. The molecule has 1 fully saturated rings. The second-order valence-electron chi connectivity index (χ2n) is 5.74. The molecule has 2 heterocycles. The van der Waals surface area contributed by atoms with Crippen molar-refractivity contribution in [3.05, 3.63) is 11.9 Å². The molecule has 0 amide bonds. The van der Waals surface area contributed by atoms with Gasteiger partial charge in [-0.1, -0.05) is 6.92 Å². The van der Waals surface area contributed by atoms with Crippen LogP contribution in [0.4, 0.5) is 11.6 Å². The first-order valence-corrected chi connectivity index (χ1v) is 7.61. The molecule has 1 unspecified atom stereocenters. The van der Waals surface area contributed by atoms with Crippen LogP contribution in [0.5, 0.6) is 0 Å². The van der Waals surface area contributed by atoms with Gasteiger partial charge in [0.25, 0.3) is 0 Å². The van der Waals surface area contributed by atoms with Gasteiger partial charge in [-0.15, -0.1) is 0 Å². The van der Waals surface area contributed by atoms with Crippen molar-refractivity contribution in [2.24, 2.45) is 0 Å². The lowest BCUT2D eigenvalue weighted by Crippen LogP contribution is -2.37. The molecule has 1 N–H and O–H groups in total. The summed E-state index contributed by atoms with van der Waals surface area (Å²) in [5.41, 5.74) is 0. The Hall–Kier alpha value is -1.36. The fourth-order valence-electron chi connectivity index (χ4n) is 2.71. The molecule has 0 radical (unpaired) electrons. The van der Waals surface area contributed by atoms with Crippen LogP contribution in [0.2, 0.25) is 0 Å². The highest BCUT2D eigenvalue weighted by Gasteiger charge is 2.22. The Labute approximate surface area is 122 Å². The van der Waals surface area contributed by atoms with Crippen LogP contribution in [0.25, 0.3) is 0 Å². The van der Waals surface area contributed by atoms with Crippen molar-refractivity contribution >= 4 is 11.6 Å². The van der Waals surface area contributed by atoms with E-state index in [9.17, 15) is 0 Å². The quantitative estimate of drug-likeness (QED) is 0.863. The minimum absolute atomic E-state index is 0.641. The van der Waals surface area contributed by atoms with E-state index in [0.717, 1.165) is 37.0 Å². The Bertz CT molecular complexity index is 434. The summed E-state index contributed by atoms with van der Waals surface area (Å²) >= 11 is 0. The van der Waals surface area contributed by atoms with Crippen molar-refractivity contribution < 1.29 is 0 Å². The van der Waals surface area contributed by atoms with Gasteiger partial charge in [-0.3, -0.25) is 0 Å². The zero-order valence-electron chi connectivity index (χ0n) is 13.2. The van der Waals surface area contributed by atoms with Crippen LogP contribution in [0.15, 0.2) is 6.07 Å². The average Bonchev–Trinajstić information content (AvgIpc) is 2.81. The zero-order chi connectivity index (χ0) is 14.5. The SMILES string of the molecule is CCCNc1cc(N(C)CC2CCCN2C)nc(C)n1. The van der Waals surface area contributed by atoms with E-state index in [1.165, 1.54) is 19.4 Å². The minimum Gasteiger partial charge on any atom is -0.370 e. The summed E-state index contributed by atoms with van der Waals surface area (Å²) < 4.78 is 0. The highest BCUT2D eigenvalue weighted by molar-refractivity contribution is 5.49. The molecular weight excluding hydrogens is 250 g/mol. The number of likely N-dealkylation sites (N-methyl/N-ethyl adjacent to an activating group) is 2. The summed E-state index contributed by atoms with van der Waals surface area (Å²) in [6, 6.07) is 2.69. The fourth-order valence-corrected chi connectivity index (χ4v) is 2.71. The Kier molecular flexibility index (Phi) is 5.17. The minimum atomic E-state index is 0.641. The molecule has 5 nitrogen and oxygen atoms in total. The van der Waals surface area contributed by atoms with E-state index >= 15 is 0 Å². The number of likely N-dealkylation sites (tertiary alicyclic amines) is 1. The standard InChI is InChI=1S/C15H27N5/c1-5-8-16-14-10-15(18-12(2)17-14)20(4)11-13-7-6-9-19(13)3/h10,13H,5-9,11H2,1-4H3,(H,16,17,18). The van der Waals surface area contributed by atoms with Crippen LogP contribution in [0.3, 0.4) is 0 Å². The van der Waals surface area contributed by atoms with Gasteiger partial charge in [0.15, 0.2) is 0 Å². The Morgan fingerprint density at radius 1 is 1.45 bits per heavy atom. The van der Waals surface area contributed by atoms with Crippen LogP contribution in [0, 0.1) is 6.92 Å². The number of aryl methyl sites for hydroxylation is 1.